The van der Waals surface area contributed by atoms with Crippen LogP contribution in [0.4, 0.5) is 10.5 Å². The number of hydrogen-bond donors (Lipinski definition) is 1. The zero-order chi connectivity index (χ0) is 13.1. The Balaban J connectivity index is 2.04. The van der Waals surface area contributed by atoms with Gasteiger partial charge in [0, 0.05) is 32.2 Å². The van der Waals surface area contributed by atoms with Gasteiger partial charge in [-0.25, -0.2) is 4.79 Å². The first-order valence-electron chi connectivity index (χ1n) is 5.91. The van der Waals surface area contributed by atoms with E-state index < -0.39 is 5.97 Å². The average molecular weight is 248 g/mol. The van der Waals surface area contributed by atoms with Gasteiger partial charge in [0.25, 0.3) is 0 Å². The van der Waals surface area contributed by atoms with Crippen molar-refractivity contribution < 1.29 is 14.7 Å². The van der Waals surface area contributed by atoms with Crippen LogP contribution in [0.1, 0.15) is 12.0 Å². The lowest BCUT2D eigenvalue weighted by Crippen LogP contribution is -2.29. The molecule has 0 bridgehead atoms. The first-order chi connectivity index (χ1) is 8.58. The van der Waals surface area contributed by atoms with E-state index >= 15 is 0 Å². The highest BCUT2D eigenvalue weighted by Crippen LogP contribution is 2.20. The number of amides is 2. The fourth-order valence-electron chi connectivity index (χ4n) is 1.98. The van der Waals surface area contributed by atoms with Crippen LogP contribution in [0.25, 0.3) is 0 Å². The van der Waals surface area contributed by atoms with E-state index in [-0.39, 0.29) is 12.5 Å². The third-order valence-corrected chi connectivity index (χ3v) is 3.09. The van der Waals surface area contributed by atoms with Crippen LogP contribution in [0.15, 0.2) is 24.3 Å². The maximum absolute atomic E-state index is 11.8. The largest absolute Gasteiger partial charge is 0.481 e. The summed E-state index contributed by atoms with van der Waals surface area (Å²) in [4.78, 5) is 25.7. The van der Waals surface area contributed by atoms with Gasteiger partial charge in [-0.2, -0.15) is 0 Å². The average Bonchev–Trinajstić information content (AvgIpc) is 2.68. The van der Waals surface area contributed by atoms with Gasteiger partial charge in [-0.15, -0.1) is 0 Å². The van der Waals surface area contributed by atoms with E-state index in [0.29, 0.717) is 13.0 Å². The number of anilines is 1. The molecule has 1 aromatic carbocycles. The molecule has 1 fully saturated rings. The van der Waals surface area contributed by atoms with Crippen molar-refractivity contribution in [2.75, 3.05) is 25.0 Å². The van der Waals surface area contributed by atoms with Crippen LogP contribution < -0.4 is 4.90 Å². The first kappa shape index (κ1) is 12.4. The second kappa shape index (κ2) is 5.08. The molecule has 1 saturated heterocycles. The molecular weight excluding hydrogens is 232 g/mol. The fourth-order valence-corrected chi connectivity index (χ4v) is 1.98. The Kier molecular flexibility index (Phi) is 3.50. The van der Waals surface area contributed by atoms with Crippen molar-refractivity contribution in [2.24, 2.45) is 0 Å². The molecule has 1 aliphatic rings. The van der Waals surface area contributed by atoms with Crippen LogP contribution in [-0.2, 0) is 11.2 Å². The highest BCUT2D eigenvalue weighted by molar-refractivity contribution is 5.93. The van der Waals surface area contributed by atoms with Gasteiger partial charge < -0.3 is 10.0 Å². The van der Waals surface area contributed by atoms with Gasteiger partial charge in [0.15, 0.2) is 0 Å². The van der Waals surface area contributed by atoms with Gasteiger partial charge in [-0.3, -0.25) is 9.69 Å². The molecule has 1 heterocycles. The number of nitrogens with zero attached hydrogens (tertiary/aromatic N) is 2. The number of likely N-dealkylation sites (N-methyl/N-ethyl adjacent to an activating group) is 1. The van der Waals surface area contributed by atoms with Crippen molar-refractivity contribution in [1.82, 2.24) is 4.90 Å². The van der Waals surface area contributed by atoms with Crippen LogP contribution in [0.5, 0.6) is 0 Å². The van der Waals surface area contributed by atoms with Gasteiger partial charge in [-0.1, -0.05) is 12.1 Å². The van der Waals surface area contributed by atoms with Gasteiger partial charge in [-0.05, 0) is 24.1 Å². The third-order valence-electron chi connectivity index (χ3n) is 3.09. The summed E-state index contributed by atoms with van der Waals surface area (Å²) in [7, 11) is 1.78. The summed E-state index contributed by atoms with van der Waals surface area (Å²) in [5, 5.41) is 8.61. The van der Waals surface area contributed by atoms with Crippen molar-refractivity contribution in [3.63, 3.8) is 0 Å². The van der Waals surface area contributed by atoms with E-state index in [0.717, 1.165) is 17.8 Å². The molecule has 1 aliphatic heterocycles. The Labute approximate surface area is 106 Å². The lowest BCUT2D eigenvalue weighted by Gasteiger charge is -2.16. The number of carbonyl (C=O) groups is 2. The number of urea groups is 1. The molecule has 2 rings (SSSR count). The minimum atomic E-state index is -0.796. The van der Waals surface area contributed by atoms with Crippen LogP contribution in [0.2, 0.25) is 0 Å². The minimum absolute atomic E-state index is 0.00767. The fraction of sp³-hybridized carbons (Fsp3) is 0.385. The molecule has 0 unspecified atom stereocenters. The maximum atomic E-state index is 11.8. The maximum Gasteiger partial charge on any atom is 0.324 e. The van der Waals surface area contributed by atoms with Gasteiger partial charge >= 0.3 is 12.0 Å². The molecule has 0 aliphatic carbocycles. The molecule has 2 amide bonds. The summed E-state index contributed by atoms with van der Waals surface area (Å²) >= 11 is 0. The van der Waals surface area contributed by atoms with Crippen LogP contribution in [0.3, 0.4) is 0 Å². The normalized spacial score (nSPS) is 15.3. The summed E-state index contributed by atoms with van der Waals surface area (Å²) in [5.41, 5.74) is 1.84. The van der Waals surface area contributed by atoms with Crippen molar-refractivity contribution in [3.8, 4) is 0 Å². The summed E-state index contributed by atoms with van der Waals surface area (Å²) < 4.78 is 0. The minimum Gasteiger partial charge on any atom is -0.481 e. The number of carbonyl (C=O) groups excluding carboxylic acids is 1. The van der Waals surface area contributed by atoms with Crippen molar-refractivity contribution >= 4 is 17.7 Å². The second-order valence-electron chi connectivity index (χ2n) is 4.42. The topological polar surface area (TPSA) is 60.9 Å². The van der Waals surface area contributed by atoms with Crippen molar-refractivity contribution in [1.29, 1.82) is 0 Å². The molecule has 0 spiro atoms. The van der Waals surface area contributed by atoms with Crippen molar-refractivity contribution in [2.45, 2.75) is 12.8 Å². The summed E-state index contributed by atoms with van der Waals surface area (Å²) in [5.74, 6) is -0.796. The van der Waals surface area contributed by atoms with Gasteiger partial charge in [0.2, 0.25) is 0 Å². The standard InChI is InChI=1S/C13H16N2O3/c1-14-8-9-15(13(14)18)11-5-2-10(3-6-11)4-7-12(16)17/h2-3,5-6H,4,7-9H2,1H3,(H,16,17). The van der Waals surface area contributed by atoms with Gasteiger partial charge in [0.05, 0.1) is 0 Å². The van der Waals surface area contributed by atoms with Crippen molar-refractivity contribution in [3.05, 3.63) is 29.8 Å². The van der Waals surface area contributed by atoms with E-state index in [1.54, 1.807) is 16.8 Å². The zero-order valence-corrected chi connectivity index (χ0v) is 10.3. The Morgan fingerprint density at radius 2 is 1.94 bits per heavy atom. The SMILES string of the molecule is CN1CCN(c2ccc(CCC(=O)O)cc2)C1=O. The van der Waals surface area contributed by atoms with E-state index in [2.05, 4.69) is 0 Å². The third kappa shape index (κ3) is 2.61. The number of carboxylic acids is 1. The van der Waals surface area contributed by atoms with E-state index in [4.69, 9.17) is 5.11 Å². The molecule has 96 valence electrons. The van der Waals surface area contributed by atoms with E-state index in [9.17, 15) is 9.59 Å². The summed E-state index contributed by atoms with van der Waals surface area (Å²) in [6.45, 7) is 1.43. The van der Waals surface area contributed by atoms with E-state index in [1.807, 2.05) is 24.3 Å². The molecule has 0 aromatic heterocycles. The monoisotopic (exact) mass is 248 g/mol. The lowest BCUT2D eigenvalue weighted by molar-refractivity contribution is -0.136. The number of hydrogen-bond acceptors (Lipinski definition) is 2. The number of rotatable bonds is 4. The second-order valence-corrected chi connectivity index (χ2v) is 4.42. The zero-order valence-electron chi connectivity index (χ0n) is 10.3. The smallest absolute Gasteiger partial charge is 0.324 e. The first-order valence-corrected chi connectivity index (χ1v) is 5.91. The summed E-state index contributed by atoms with van der Waals surface area (Å²) in [6.07, 6.45) is 0.647. The molecule has 1 aromatic rings. The highest BCUT2D eigenvalue weighted by Gasteiger charge is 2.26. The predicted molar refractivity (Wildman–Crippen MR) is 67.8 cm³/mol. The Hall–Kier alpha value is -2.04. The quantitative estimate of drug-likeness (QED) is 0.880. The molecule has 5 heteroatoms. The summed E-state index contributed by atoms with van der Waals surface area (Å²) in [6, 6.07) is 7.50. The Morgan fingerprint density at radius 3 is 2.44 bits per heavy atom. The van der Waals surface area contributed by atoms with E-state index in [1.165, 1.54) is 0 Å². The molecule has 5 nitrogen and oxygen atoms in total. The highest BCUT2D eigenvalue weighted by atomic mass is 16.4. The van der Waals surface area contributed by atoms with Crippen LogP contribution in [0, 0.1) is 0 Å². The molecule has 1 N–H and O–H groups in total. The predicted octanol–water partition coefficient (Wildman–Crippen LogP) is 1.58. The molecule has 0 atom stereocenters. The van der Waals surface area contributed by atoms with Crippen LogP contribution in [-0.4, -0.2) is 42.1 Å². The van der Waals surface area contributed by atoms with Gasteiger partial charge in [0.1, 0.15) is 0 Å². The number of benzene rings is 1. The van der Waals surface area contributed by atoms with Crippen LogP contribution >= 0.6 is 0 Å². The molecule has 0 radical (unpaired) electrons. The lowest BCUT2D eigenvalue weighted by atomic mass is 10.1. The Bertz CT molecular complexity index is 456. The number of aryl methyl sites for hydroxylation is 1. The number of carboxylic acid groups (broad SMARTS) is 1. The number of aliphatic carboxylic acids is 1. The molecule has 0 saturated carbocycles. The Morgan fingerprint density at radius 1 is 1.28 bits per heavy atom. The molecular formula is C13H16N2O3. The molecule has 18 heavy (non-hydrogen) atoms.